The molecule has 1 rings (SSSR count). The van der Waals surface area contributed by atoms with Crippen LogP contribution in [0.3, 0.4) is 0 Å². The summed E-state index contributed by atoms with van der Waals surface area (Å²) < 4.78 is 1.38. The molecule has 16 heavy (non-hydrogen) atoms. The highest BCUT2D eigenvalue weighted by atomic mass is 16.2. The fourth-order valence-electron chi connectivity index (χ4n) is 1.19. The van der Waals surface area contributed by atoms with E-state index in [1.807, 2.05) is 0 Å². The molecule has 0 spiro atoms. The normalized spacial score (nSPS) is 12.1. The fourth-order valence-corrected chi connectivity index (χ4v) is 1.19. The molecule has 6 nitrogen and oxygen atoms in total. The van der Waals surface area contributed by atoms with Crippen molar-refractivity contribution in [2.75, 3.05) is 6.54 Å². The average Bonchev–Trinajstić information content (AvgIpc) is 2.76. The molecule has 1 aromatic heterocycles. The topological polar surface area (TPSA) is 76.9 Å². The quantitative estimate of drug-likeness (QED) is 0.566. The zero-order valence-electron chi connectivity index (χ0n) is 9.51. The predicted octanol–water partition coefficient (Wildman–Crippen LogP) is 0.568. The molecule has 1 heterocycles. The van der Waals surface area contributed by atoms with Crippen molar-refractivity contribution in [3.05, 3.63) is 11.9 Å². The van der Waals surface area contributed by atoms with E-state index in [0.717, 1.165) is 12.8 Å². The Kier molecular flexibility index (Phi) is 4.63. The largest absolute Gasteiger partial charge is 0.354 e. The molecular formula is C10H16N4O2. The number of nitrogens with one attached hydrogen (secondary N) is 1. The maximum absolute atomic E-state index is 11.6. The van der Waals surface area contributed by atoms with Gasteiger partial charge >= 0.3 is 0 Å². The van der Waals surface area contributed by atoms with Gasteiger partial charge in [-0.15, -0.1) is 5.10 Å². The van der Waals surface area contributed by atoms with Gasteiger partial charge in [0.05, 0.1) is 6.20 Å². The number of rotatable bonds is 6. The first-order chi connectivity index (χ1) is 7.69. The van der Waals surface area contributed by atoms with Crippen LogP contribution in [0.1, 0.15) is 43.2 Å². The van der Waals surface area contributed by atoms with Crippen molar-refractivity contribution < 1.29 is 9.59 Å². The summed E-state index contributed by atoms with van der Waals surface area (Å²) in [7, 11) is 0. The molecule has 0 aliphatic carbocycles. The first-order valence-electron chi connectivity index (χ1n) is 5.33. The molecule has 1 atom stereocenters. The fraction of sp³-hybridized carbons (Fsp3) is 0.600. The molecule has 0 aromatic carbocycles. The zero-order chi connectivity index (χ0) is 12.0. The van der Waals surface area contributed by atoms with Crippen LogP contribution in [0, 0.1) is 0 Å². The average molecular weight is 224 g/mol. The van der Waals surface area contributed by atoms with Crippen LogP contribution in [-0.4, -0.2) is 33.7 Å². The van der Waals surface area contributed by atoms with Crippen molar-refractivity contribution in [3.8, 4) is 0 Å². The van der Waals surface area contributed by atoms with E-state index in [1.54, 1.807) is 6.92 Å². The Balaban J connectivity index is 2.52. The predicted molar refractivity (Wildman–Crippen MR) is 58.0 cm³/mol. The minimum absolute atomic E-state index is 0.115. The summed E-state index contributed by atoms with van der Waals surface area (Å²) in [4.78, 5) is 22.0. The molecule has 0 aliphatic rings. The first kappa shape index (κ1) is 12.4. The molecule has 0 bridgehead atoms. The van der Waals surface area contributed by atoms with Crippen LogP contribution in [-0.2, 0) is 4.79 Å². The third kappa shape index (κ3) is 3.15. The SMILES string of the molecule is CCCCNC(=O)C(C)n1cc(C=O)nn1. The Morgan fingerprint density at radius 1 is 1.69 bits per heavy atom. The van der Waals surface area contributed by atoms with Gasteiger partial charge in [-0.1, -0.05) is 18.6 Å². The molecule has 1 unspecified atom stereocenters. The summed E-state index contributed by atoms with van der Waals surface area (Å²) in [6.45, 7) is 4.43. The van der Waals surface area contributed by atoms with E-state index in [4.69, 9.17) is 0 Å². The summed E-state index contributed by atoms with van der Waals surface area (Å²) in [5, 5.41) is 10.1. The molecule has 0 fully saturated rings. The molecule has 0 aliphatic heterocycles. The van der Waals surface area contributed by atoms with Gasteiger partial charge in [-0.05, 0) is 13.3 Å². The number of hydrogen-bond acceptors (Lipinski definition) is 4. The van der Waals surface area contributed by atoms with E-state index in [0.29, 0.717) is 12.8 Å². The minimum atomic E-state index is -0.446. The van der Waals surface area contributed by atoms with E-state index < -0.39 is 6.04 Å². The maximum Gasteiger partial charge on any atom is 0.244 e. The summed E-state index contributed by atoms with van der Waals surface area (Å²) in [6, 6.07) is -0.446. The van der Waals surface area contributed by atoms with Gasteiger partial charge in [-0.2, -0.15) is 0 Å². The molecule has 88 valence electrons. The lowest BCUT2D eigenvalue weighted by atomic mass is 10.3. The van der Waals surface area contributed by atoms with Crippen LogP contribution >= 0.6 is 0 Å². The maximum atomic E-state index is 11.6. The second kappa shape index (κ2) is 5.99. The van der Waals surface area contributed by atoms with E-state index >= 15 is 0 Å². The highest BCUT2D eigenvalue weighted by Crippen LogP contribution is 2.03. The monoisotopic (exact) mass is 224 g/mol. The number of carbonyl (C=O) groups is 2. The highest BCUT2D eigenvalue weighted by molar-refractivity contribution is 5.80. The minimum Gasteiger partial charge on any atom is -0.354 e. The molecule has 6 heteroatoms. The number of hydrogen-bond donors (Lipinski definition) is 1. The molecular weight excluding hydrogens is 208 g/mol. The molecule has 1 amide bonds. The van der Waals surface area contributed by atoms with E-state index in [2.05, 4.69) is 22.6 Å². The Hall–Kier alpha value is -1.72. The number of amides is 1. The van der Waals surface area contributed by atoms with Gasteiger partial charge in [-0.3, -0.25) is 9.59 Å². The molecule has 1 N–H and O–H groups in total. The Labute approximate surface area is 94.0 Å². The van der Waals surface area contributed by atoms with Crippen LogP contribution in [0.5, 0.6) is 0 Å². The van der Waals surface area contributed by atoms with Gasteiger partial charge in [-0.25, -0.2) is 4.68 Å². The summed E-state index contributed by atoms with van der Waals surface area (Å²) in [5.41, 5.74) is 0.230. The van der Waals surface area contributed by atoms with Gasteiger partial charge in [0.15, 0.2) is 6.29 Å². The van der Waals surface area contributed by atoms with Gasteiger partial charge in [0.25, 0.3) is 0 Å². The Morgan fingerprint density at radius 3 is 3.00 bits per heavy atom. The molecule has 0 saturated carbocycles. The number of carbonyl (C=O) groups excluding carboxylic acids is 2. The van der Waals surface area contributed by atoms with Crippen LogP contribution in [0.25, 0.3) is 0 Å². The van der Waals surface area contributed by atoms with Crippen LogP contribution in [0.4, 0.5) is 0 Å². The smallest absolute Gasteiger partial charge is 0.244 e. The van der Waals surface area contributed by atoms with Gasteiger partial charge in [0.2, 0.25) is 5.91 Å². The summed E-state index contributed by atoms with van der Waals surface area (Å²) in [5.74, 6) is -0.115. The van der Waals surface area contributed by atoms with Gasteiger partial charge in [0.1, 0.15) is 11.7 Å². The third-order valence-electron chi connectivity index (χ3n) is 2.25. The lowest BCUT2D eigenvalue weighted by Gasteiger charge is -2.11. The molecule has 0 radical (unpaired) electrons. The summed E-state index contributed by atoms with van der Waals surface area (Å²) in [6.07, 6.45) is 4.05. The van der Waals surface area contributed by atoms with Crippen molar-refractivity contribution in [3.63, 3.8) is 0 Å². The standard InChI is InChI=1S/C10H16N4O2/c1-3-4-5-11-10(16)8(2)14-6-9(7-15)12-13-14/h6-8H,3-5H2,1-2H3,(H,11,16). The van der Waals surface area contributed by atoms with Crippen LogP contribution in [0.15, 0.2) is 6.20 Å². The number of aromatic nitrogens is 3. The number of aldehydes is 1. The Morgan fingerprint density at radius 2 is 2.44 bits per heavy atom. The third-order valence-corrected chi connectivity index (χ3v) is 2.25. The van der Waals surface area contributed by atoms with Crippen molar-refractivity contribution in [1.82, 2.24) is 20.3 Å². The number of nitrogens with zero attached hydrogens (tertiary/aromatic N) is 3. The molecule has 0 saturated heterocycles. The van der Waals surface area contributed by atoms with Gasteiger partial charge < -0.3 is 5.32 Å². The zero-order valence-corrected chi connectivity index (χ0v) is 9.51. The lowest BCUT2D eigenvalue weighted by Crippen LogP contribution is -2.31. The second-order valence-electron chi connectivity index (χ2n) is 3.56. The molecule has 1 aromatic rings. The first-order valence-corrected chi connectivity index (χ1v) is 5.33. The lowest BCUT2D eigenvalue weighted by molar-refractivity contribution is -0.124. The second-order valence-corrected chi connectivity index (χ2v) is 3.56. The highest BCUT2D eigenvalue weighted by Gasteiger charge is 2.15. The van der Waals surface area contributed by atoms with Gasteiger partial charge in [0, 0.05) is 6.54 Å². The van der Waals surface area contributed by atoms with Crippen LogP contribution in [0.2, 0.25) is 0 Å². The van der Waals surface area contributed by atoms with Crippen molar-refractivity contribution in [2.45, 2.75) is 32.7 Å². The van der Waals surface area contributed by atoms with Crippen molar-refractivity contribution >= 4 is 12.2 Å². The van der Waals surface area contributed by atoms with E-state index in [9.17, 15) is 9.59 Å². The van der Waals surface area contributed by atoms with Crippen molar-refractivity contribution in [2.24, 2.45) is 0 Å². The van der Waals surface area contributed by atoms with E-state index in [-0.39, 0.29) is 11.6 Å². The van der Waals surface area contributed by atoms with E-state index in [1.165, 1.54) is 10.9 Å². The Bertz CT molecular complexity index is 361. The number of unbranched alkanes of at least 4 members (excludes halogenated alkanes) is 1. The van der Waals surface area contributed by atoms with Crippen LogP contribution < -0.4 is 5.32 Å². The van der Waals surface area contributed by atoms with Crippen molar-refractivity contribution in [1.29, 1.82) is 0 Å². The summed E-state index contributed by atoms with van der Waals surface area (Å²) >= 11 is 0.